The molecule has 0 aliphatic heterocycles. The second-order valence-corrected chi connectivity index (χ2v) is 13.3. The van der Waals surface area contributed by atoms with Crippen LogP contribution in [0, 0.1) is 10.8 Å². The van der Waals surface area contributed by atoms with E-state index in [1.165, 1.54) is 10.7 Å². The molecule has 2 heterocycles. The van der Waals surface area contributed by atoms with E-state index in [2.05, 4.69) is 106 Å². The van der Waals surface area contributed by atoms with Gasteiger partial charge in [-0.25, -0.2) is 4.98 Å². The highest BCUT2D eigenvalue weighted by molar-refractivity contribution is 7.09. The summed E-state index contributed by atoms with van der Waals surface area (Å²) < 4.78 is 5.82. The lowest BCUT2D eigenvalue weighted by atomic mass is 9.91. The van der Waals surface area contributed by atoms with Crippen LogP contribution in [0.15, 0.2) is 21.9 Å². The van der Waals surface area contributed by atoms with Crippen molar-refractivity contribution in [2.45, 2.75) is 107 Å². The van der Waals surface area contributed by atoms with Crippen LogP contribution in [-0.2, 0) is 23.7 Å². The van der Waals surface area contributed by atoms with Gasteiger partial charge in [-0.2, -0.15) is 0 Å². The summed E-state index contributed by atoms with van der Waals surface area (Å²) in [4.78, 5) is 4.69. The molecular weight excluding hydrogens is 362 g/mol. The number of furan rings is 1. The summed E-state index contributed by atoms with van der Waals surface area (Å²) >= 11 is 1.79. The predicted molar refractivity (Wildman–Crippen MR) is 125 cm³/mol. The first-order chi connectivity index (χ1) is 12.4. The van der Waals surface area contributed by atoms with E-state index in [-0.39, 0.29) is 10.8 Å². The van der Waals surface area contributed by atoms with Crippen LogP contribution in [0.4, 0.5) is 0 Å². The molecule has 2 rings (SSSR count). The van der Waals surface area contributed by atoms with E-state index in [0.717, 1.165) is 24.4 Å². The van der Waals surface area contributed by atoms with Gasteiger partial charge in [0.15, 0.2) is 0 Å². The van der Waals surface area contributed by atoms with Crippen LogP contribution < -0.4 is 0 Å². The highest BCUT2D eigenvalue weighted by Crippen LogP contribution is 2.29. The van der Waals surface area contributed by atoms with Crippen molar-refractivity contribution in [3.63, 3.8) is 0 Å². The molecule has 0 N–H and O–H groups in total. The molecule has 0 unspecified atom stereocenters. The number of hydrogen-bond donors (Lipinski definition) is 0. The number of rotatable bonds is 2. The maximum Gasteiger partial charge on any atom is 0.109 e. The Labute approximate surface area is 178 Å². The van der Waals surface area contributed by atoms with Gasteiger partial charge in [-0.1, -0.05) is 83.1 Å². The van der Waals surface area contributed by atoms with Crippen molar-refractivity contribution in [1.29, 1.82) is 0 Å². The first kappa shape index (κ1) is 24.9. The van der Waals surface area contributed by atoms with Crippen molar-refractivity contribution < 1.29 is 4.42 Å². The summed E-state index contributed by atoms with van der Waals surface area (Å²) in [7, 11) is 0. The summed E-state index contributed by atoms with van der Waals surface area (Å²) in [6, 6.07) is 4.20. The highest BCUT2D eigenvalue weighted by Gasteiger charge is 2.21. The molecule has 0 saturated heterocycles. The molecule has 0 spiro atoms. The van der Waals surface area contributed by atoms with Crippen LogP contribution in [-0.4, -0.2) is 4.98 Å². The van der Waals surface area contributed by atoms with Crippen molar-refractivity contribution >= 4 is 11.3 Å². The van der Waals surface area contributed by atoms with Crippen molar-refractivity contribution in [1.82, 2.24) is 4.98 Å². The topological polar surface area (TPSA) is 26.0 Å². The van der Waals surface area contributed by atoms with Gasteiger partial charge in [0.05, 0.1) is 10.7 Å². The van der Waals surface area contributed by atoms with Crippen molar-refractivity contribution in [3.05, 3.63) is 39.7 Å². The fraction of sp³-hybridized carbons (Fsp3) is 0.720. The molecule has 2 aromatic heterocycles. The fourth-order valence-electron chi connectivity index (χ4n) is 2.59. The standard InChI is InChI=1S/C13H22O.C12H21NS/c1-12(2,3)9-10-7-8-11(14-10)13(4,5)6;1-11(2,3)7-10-13-9(8-14-10)12(4,5)6/h7-8H,9H2,1-6H3;8H,7H2,1-6H3. The van der Waals surface area contributed by atoms with Crippen molar-refractivity contribution in [2.75, 3.05) is 0 Å². The summed E-state index contributed by atoms with van der Waals surface area (Å²) in [6.07, 6.45) is 2.08. The third-order valence-electron chi connectivity index (χ3n) is 4.11. The summed E-state index contributed by atoms with van der Waals surface area (Å²) in [5, 5.41) is 3.46. The SMILES string of the molecule is CC(C)(C)Cc1ccc(C(C)(C)C)o1.CC(C)(C)Cc1nc(C(C)(C)C)cs1. The van der Waals surface area contributed by atoms with E-state index < -0.39 is 0 Å². The Morgan fingerprint density at radius 1 is 0.750 bits per heavy atom. The molecule has 0 atom stereocenters. The predicted octanol–water partition coefficient (Wildman–Crippen LogP) is 8.19. The lowest BCUT2D eigenvalue weighted by Gasteiger charge is -2.17. The maximum atomic E-state index is 5.82. The summed E-state index contributed by atoms with van der Waals surface area (Å²) in [6.45, 7) is 26.6. The highest BCUT2D eigenvalue weighted by atomic mass is 32.1. The zero-order valence-corrected chi connectivity index (χ0v) is 21.2. The average Bonchev–Trinajstić information content (AvgIpc) is 3.03. The van der Waals surface area contributed by atoms with Gasteiger partial charge in [0.2, 0.25) is 0 Å². The second-order valence-electron chi connectivity index (χ2n) is 12.4. The molecule has 2 aromatic rings. The molecule has 0 saturated carbocycles. The third-order valence-corrected chi connectivity index (χ3v) is 4.96. The molecule has 0 bridgehead atoms. The molecule has 0 amide bonds. The Hall–Kier alpha value is -1.09. The van der Waals surface area contributed by atoms with Crippen LogP contribution in [0.25, 0.3) is 0 Å². The van der Waals surface area contributed by atoms with Crippen LogP contribution in [0.5, 0.6) is 0 Å². The smallest absolute Gasteiger partial charge is 0.109 e. The van der Waals surface area contributed by atoms with Gasteiger partial charge in [0, 0.05) is 29.1 Å². The molecule has 0 aliphatic carbocycles. The monoisotopic (exact) mass is 405 g/mol. The lowest BCUT2D eigenvalue weighted by molar-refractivity contribution is 0.331. The molecule has 2 nitrogen and oxygen atoms in total. The minimum absolute atomic E-state index is 0.121. The van der Waals surface area contributed by atoms with Gasteiger partial charge in [-0.05, 0) is 23.0 Å². The molecule has 0 fully saturated rings. The quantitative estimate of drug-likeness (QED) is 0.503. The Balaban J connectivity index is 0.000000280. The van der Waals surface area contributed by atoms with E-state index in [1.54, 1.807) is 11.3 Å². The van der Waals surface area contributed by atoms with Crippen LogP contribution in [0.2, 0.25) is 0 Å². The summed E-state index contributed by atoms with van der Waals surface area (Å²) in [5.41, 5.74) is 2.17. The zero-order valence-electron chi connectivity index (χ0n) is 20.4. The molecular formula is C25H43NOS. The number of nitrogens with zero attached hydrogens (tertiary/aromatic N) is 1. The van der Waals surface area contributed by atoms with Gasteiger partial charge >= 0.3 is 0 Å². The van der Waals surface area contributed by atoms with Gasteiger partial charge in [0.25, 0.3) is 0 Å². The largest absolute Gasteiger partial charge is 0.466 e. The summed E-state index contributed by atoms with van der Waals surface area (Å²) in [5.74, 6) is 2.18. The first-order valence-corrected chi connectivity index (χ1v) is 11.3. The van der Waals surface area contributed by atoms with Crippen LogP contribution in [0.3, 0.4) is 0 Å². The normalized spacial score (nSPS) is 13.3. The first-order valence-electron chi connectivity index (χ1n) is 10.4. The van der Waals surface area contributed by atoms with E-state index in [9.17, 15) is 0 Å². The molecule has 28 heavy (non-hydrogen) atoms. The average molecular weight is 406 g/mol. The molecule has 3 heteroatoms. The van der Waals surface area contributed by atoms with E-state index in [0.29, 0.717) is 10.8 Å². The van der Waals surface area contributed by atoms with E-state index >= 15 is 0 Å². The molecule has 0 aromatic carbocycles. The minimum atomic E-state index is 0.121. The fourth-order valence-corrected chi connectivity index (χ4v) is 3.91. The van der Waals surface area contributed by atoms with Gasteiger partial charge < -0.3 is 4.42 Å². The second kappa shape index (κ2) is 8.73. The molecule has 0 aliphatic rings. The van der Waals surface area contributed by atoms with Gasteiger partial charge in [-0.15, -0.1) is 11.3 Å². The lowest BCUT2D eigenvalue weighted by Crippen LogP contribution is -2.13. The number of aromatic nitrogens is 1. The Bertz CT molecular complexity index is 660. The minimum Gasteiger partial charge on any atom is -0.466 e. The van der Waals surface area contributed by atoms with E-state index in [1.807, 2.05) is 0 Å². The van der Waals surface area contributed by atoms with Crippen molar-refractivity contribution in [2.24, 2.45) is 10.8 Å². The van der Waals surface area contributed by atoms with Gasteiger partial charge in [0.1, 0.15) is 11.5 Å². The number of thiazole rings is 1. The molecule has 160 valence electrons. The Morgan fingerprint density at radius 2 is 1.29 bits per heavy atom. The van der Waals surface area contributed by atoms with Gasteiger partial charge in [-0.3, -0.25) is 0 Å². The Kier molecular flexibility index (Phi) is 7.78. The maximum absolute atomic E-state index is 5.82. The van der Waals surface area contributed by atoms with E-state index in [4.69, 9.17) is 4.42 Å². The zero-order chi connectivity index (χ0) is 22.0. The van der Waals surface area contributed by atoms with Crippen LogP contribution in [0.1, 0.15) is 105 Å². The molecule has 0 radical (unpaired) electrons. The Morgan fingerprint density at radius 3 is 1.64 bits per heavy atom. The van der Waals surface area contributed by atoms with Crippen LogP contribution >= 0.6 is 11.3 Å². The van der Waals surface area contributed by atoms with Crippen molar-refractivity contribution in [3.8, 4) is 0 Å². The third kappa shape index (κ3) is 9.41. The number of hydrogen-bond acceptors (Lipinski definition) is 3.